The van der Waals surface area contributed by atoms with Crippen molar-refractivity contribution in [2.75, 3.05) is 10.6 Å². The molecule has 2 aromatic carbocycles. The summed E-state index contributed by atoms with van der Waals surface area (Å²) in [5, 5.41) is 9.26. The smallest absolute Gasteiger partial charge is 0.295 e. The Hall–Kier alpha value is -5.25. The van der Waals surface area contributed by atoms with Gasteiger partial charge in [-0.15, -0.1) is 0 Å². The lowest BCUT2D eigenvalue weighted by Crippen LogP contribution is -2.23. The van der Waals surface area contributed by atoms with Gasteiger partial charge in [0, 0.05) is 42.3 Å². The Kier molecular flexibility index (Phi) is 6.21. The third kappa shape index (κ3) is 4.67. The summed E-state index contributed by atoms with van der Waals surface area (Å²) < 4.78 is 8.42. The standard InChI is InChI=1S/C27H22N6O4/c1-17-24(27(36)33(32(17)2)21-11-4-3-5-12-21)30-25(34)18-8-6-10-20(14-18)29-26(35)22-15-23(37-31-22)19-9-7-13-28-16-19/h3-16H,1-2H3,(H,29,35)(H,30,34). The number of pyridine rings is 1. The normalized spacial score (nSPS) is 10.8. The lowest BCUT2D eigenvalue weighted by Gasteiger charge is -2.07. The van der Waals surface area contributed by atoms with Crippen molar-refractivity contribution in [2.45, 2.75) is 6.92 Å². The molecule has 0 saturated heterocycles. The molecule has 5 aromatic rings. The highest BCUT2D eigenvalue weighted by Gasteiger charge is 2.19. The van der Waals surface area contributed by atoms with Crippen molar-refractivity contribution in [2.24, 2.45) is 7.05 Å². The Morgan fingerprint density at radius 3 is 2.49 bits per heavy atom. The molecule has 0 aliphatic heterocycles. The second-order valence-electron chi connectivity index (χ2n) is 8.24. The van der Waals surface area contributed by atoms with Crippen molar-refractivity contribution in [3.05, 3.63) is 112 Å². The summed E-state index contributed by atoms with van der Waals surface area (Å²) >= 11 is 0. The molecule has 0 saturated carbocycles. The van der Waals surface area contributed by atoms with Gasteiger partial charge in [-0.3, -0.25) is 24.0 Å². The van der Waals surface area contributed by atoms with Gasteiger partial charge in [-0.05, 0) is 49.4 Å². The molecule has 10 nitrogen and oxygen atoms in total. The molecule has 0 radical (unpaired) electrons. The van der Waals surface area contributed by atoms with Crippen molar-refractivity contribution in [1.82, 2.24) is 19.5 Å². The van der Waals surface area contributed by atoms with Gasteiger partial charge in [0.25, 0.3) is 17.4 Å². The number of nitrogens with one attached hydrogen (secondary N) is 2. The molecule has 0 aliphatic carbocycles. The molecule has 2 amide bonds. The molecular formula is C27H22N6O4. The van der Waals surface area contributed by atoms with Crippen LogP contribution in [0.3, 0.4) is 0 Å². The van der Waals surface area contributed by atoms with Crippen LogP contribution in [0.5, 0.6) is 0 Å². The van der Waals surface area contributed by atoms with Crippen LogP contribution >= 0.6 is 0 Å². The van der Waals surface area contributed by atoms with Gasteiger partial charge in [0.1, 0.15) is 5.69 Å². The highest BCUT2D eigenvalue weighted by atomic mass is 16.5. The molecule has 37 heavy (non-hydrogen) atoms. The van der Waals surface area contributed by atoms with Crippen LogP contribution in [0.25, 0.3) is 17.0 Å². The number of carbonyl (C=O) groups excluding carboxylic acids is 2. The fourth-order valence-electron chi connectivity index (χ4n) is 3.86. The van der Waals surface area contributed by atoms with Crippen LogP contribution in [-0.4, -0.2) is 31.3 Å². The average Bonchev–Trinajstić information content (AvgIpc) is 3.50. The van der Waals surface area contributed by atoms with E-state index in [1.807, 2.05) is 30.3 Å². The number of carbonyl (C=O) groups is 2. The van der Waals surface area contributed by atoms with Crippen LogP contribution in [0.4, 0.5) is 11.4 Å². The number of aromatic nitrogens is 4. The SMILES string of the molecule is Cc1c(NC(=O)c2cccc(NC(=O)c3cc(-c4cccnc4)on3)c2)c(=O)n(-c2ccccc2)n1C. The second kappa shape index (κ2) is 9.78. The van der Waals surface area contributed by atoms with Gasteiger partial charge < -0.3 is 15.2 Å². The van der Waals surface area contributed by atoms with Crippen LogP contribution in [0.1, 0.15) is 26.5 Å². The summed E-state index contributed by atoms with van der Waals surface area (Å²) in [5.74, 6) is -0.575. The summed E-state index contributed by atoms with van der Waals surface area (Å²) in [6, 6.07) is 20.6. The van der Waals surface area contributed by atoms with Crippen molar-refractivity contribution in [3.8, 4) is 17.0 Å². The summed E-state index contributed by atoms with van der Waals surface area (Å²) in [6.45, 7) is 1.75. The van der Waals surface area contributed by atoms with Crippen molar-refractivity contribution >= 4 is 23.2 Å². The van der Waals surface area contributed by atoms with E-state index in [0.717, 1.165) is 0 Å². The van der Waals surface area contributed by atoms with Gasteiger partial charge >= 0.3 is 0 Å². The molecule has 2 N–H and O–H groups in total. The predicted octanol–water partition coefficient (Wildman–Crippen LogP) is 4.04. The van der Waals surface area contributed by atoms with Crippen molar-refractivity contribution in [1.29, 1.82) is 0 Å². The fraction of sp³-hybridized carbons (Fsp3) is 0.0741. The lowest BCUT2D eigenvalue weighted by molar-refractivity contribution is 0.101. The molecule has 0 bridgehead atoms. The van der Waals surface area contributed by atoms with Gasteiger partial charge in [0.15, 0.2) is 11.5 Å². The first-order chi connectivity index (χ1) is 17.9. The zero-order chi connectivity index (χ0) is 25.9. The third-order valence-electron chi connectivity index (χ3n) is 5.86. The maximum Gasteiger partial charge on any atom is 0.295 e. The molecule has 0 atom stereocenters. The van der Waals surface area contributed by atoms with Crippen LogP contribution in [0.15, 0.2) is 94.5 Å². The van der Waals surface area contributed by atoms with E-state index in [2.05, 4.69) is 20.8 Å². The first-order valence-corrected chi connectivity index (χ1v) is 11.4. The molecule has 5 rings (SSSR count). The molecular weight excluding hydrogens is 472 g/mol. The minimum absolute atomic E-state index is 0.0788. The van der Waals surface area contributed by atoms with Gasteiger partial charge in [-0.2, -0.15) is 0 Å². The molecule has 10 heteroatoms. The minimum Gasteiger partial charge on any atom is -0.355 e. The second-order valence-corrected chi connectivity index (χ2v) is 8.24. The Morgan fingerprint density at radius 1 is 0.919 bits per heavy atom. The maximum absolute atomic E-state index is 13.1. The van der Waals surface area contributed by atoms with Gasteiger partial charge in [-0.25, -0.2) is 4.68 Å². The van der Waals surface area contributed by atoms with Crippen molar-refractivity contribution < 1.29 is 14.1 Å². The fourth-order valence-corrected chi connectivity index (χ4v) is 3.86. The van der Waals surface area contributed by atoms with E-state index in [4.69, 9.17) is 4.52 Å². The molecule has 184 valence electrons. The average molecular weight is 495 g/mol. The molecule has 0 aliphatic rings. The number of nitrogens with zero attached hydrogens (tertiary/aromatic N) is 4. The summed E-state index contributed by atoms with van der Waals surface area (Å²) in [7, 11) is 1.75. The van der Waals surface area contributed by atoms with Crippen LogP contribution in [0.2, 0.25) is 0 Å². The summed E-state index contributed by atoms with van der Waals surface area (Å²) in [6.07, 6.45) is 3.24. The van der Waals surface area contributed by atoms with E-state index in [0.29, 0.717) is 28.4 Å². The van der Waals surface area contributed by atoms with E-state index >= 15 is 0 Å². The first kappa shape index (κ1) is 23.5. The van der Waals surface area contributed by atoms with E-state index in [9.17, 15) is 14.4 Å². The van der Waals surface area contributed by atoms with Crippen LogP contribution in [0, 0.1) is 6.92 Å². The number of rotatable bonds is 6. The van der Waals surface area contributed by atoms with Gasteiger partial charge in [0.05, 0.1) is 11.4 Å². The van der Waals surface area contributed by atoms with Gasteiger partial charge in [-0.1, -0.05) is 29.4 Å². The molecule has 0 unspecified atom stereocenters. The lowest BCUT2D eigenvalue weighted by atomic mass is 10.1. The Morgan fingerprint density at radius 2 is 1.73 bits per heavy atom. The van der Waals surface area contributed by atoms with Crippen molar-refractivity contribution in [3.63, 3.8) is 0 Å². The van der Waals surface area contributed by atoms with Crippen LogP contribution < -0.4 is 16.2 Å². The van der Waals surface area contributed by atoms with E-state index in [-0.39, 0.29) is 22.5 Å². The molecule has 0 spiro atoms. The topological polar surface area (TPSA) is 124 Å². The Labute approximate surface area is 211 Å². The number of hydrogen-bond donors (Lipinski definition) is 2. The Bertz CT molecular complexity index is 1650. The zero-order valence-electron chi connectivity index (χ0n) is 20.0. The number of anilines is 2. The number of hydrogen-bond acceptors (Lipinski definition) is 6. The monoisotopic (exact) mass is 494 g/mol. The van der Waals surface area contributed by atoms with Gasteiger partial charge in [0.2, 0.25) is 0 Å². The molecule has 0 fully saturated rings. The quantitative estimate of drug-likeness (QED) is 0.367. The molecule has 3 aromatic heterocycles. The van der Waals surface area contributed by atoms with E-state index < -0.39 is 11.8 Å². The first-order valence-electron chi connectivity index (χ1n) is 11.4. The third-order valence-corrected chi connectivity index (χ3v) is 5.86. The minimum atomic E-state index is -0.499. The predicted molar refractivity (Wildman–Crippen MR) is 138 cm³/mol. The Balaban J connectivity index is 1.33. The highest BCUT2D eigenvalue weighted by molar-refractivity contribution is 6.07. The maximum atomic E-state index is 13.1. The summed E-state index contributed by atoms with van der Waals surface area (Å²) in [4.78, 5) is 42.9. The largest absolute Gasteiger partial charge is 0.355 e. The van der Waals surface area contributed by atoms with E-state index in [1.54, 1.807) is 61.4 Å². The number of amides is 2. The molecule has 3 heterocycles. The zero-order valence-corrected chi connectivity index (χ0v) is 20.0. The summed E-state index contributed by atoms with van der Waals surface area (Å²) in [5.41, 5.74) is 2.53. The highest BCUT2D eigenvalue weighted by Crippen LogP contribution is 2.20. The van der Waals surface area contributed by atoms with Crippen LogP contribution in [-0.2, 0) is 7.05 Å². The number of benzene rings is 2. The van der Waals surface area contributed by atoms with E-state index in [1.165, 1.54) is 16.8 Å². The number of para-hydroxylation sites is 1.